The molecular weight excluding hydrogens is 366 g/mol. The molecule has 130 valence electrons. The van der Waals surface area contributed by atoms with Crippen LogP contribution in [0.1, 0.15) is 19.5 Å². The molecular formula is C11H18ClN5O4S2. The number of aryl methyl sites for hydroxylation is 1. The number of anilines is 1. The Hall–Kier alpha value is -1.27. The number of rotatable bonds is 4. The van der Waals surface area contributed by atoms with E-state index in [-0.39, 0.29) is 0 Å². The average Bonchev–Trinajstić information content (AvgIpc) is 2.95. The van der Waals surface area contributed by atoms with Gasteiger partial charge in [0.1, 0.15) is 5.69 Å². The zero-order valence-corrected chi connectivity index (χ0v) is 15.4. The third-order valence-corrected chi connectivity index (χ3v) is 3.89. The smallest absolute Gasteiger partial charge is 0.360 e. The van der Waals surface area contributed by atoms with Crippen molar-refractivity contribution in [3.05, 3.63) is 10.7 Å². The molecule has 2 aromatic heterocycles. The third-order valence-electron chi connectivity index (χ3n) is 2.55. The summed E-state index contributed by atoms with van der Waals surface area (Å²) in [5, 5.41) is 18.0. The Kier molecular flexibility index (Phi) is 6.89. The first kappa shape index (κ1) is 19.8. The van der Waals surface area contributed by atoms with Crippen LogP contribution in [-0.2, 0) is 17.4 Å². The summed E-state index contributed by atoms with van der Waals surface area (Å²) in [6, 6.07) is 0. The lowest BCUT2D eigenvalue weighted by molar-refractivity contribution is 0.381. The van der Waals surface area contributed by atoms with Gasteiger partial charge in [0.25, 0.3) is 0 Å². The quantitative estimate of drug-likeness (QED) is 0.685. The van der Waals surface area contributed by atoms with Crippen molar-refractivity contribution in [3.8, 4) is 10.7 Å². The summed E-state index contributed by atoms with van der Waals surface area (Å²) in [5.41, 5.74) is 1.63. The third kappa shape index (κ3) is 6.79. The Morgan fingerprint density at radius 1 is 1.35 bits per heavy atom. The molecule has 0 aliphatic carbocycles. The fourth-order valence-electron chi connectivity index (χ4n) is 1.40. The molecule has 0 bridgehead atoms. The summed E-state index contributed by atoms with van der Waals surface area (Å²) < 4.78 is 33.3. The Morgan fingerprint density at radius 2 is 1.91 bits per heavy atom. The molecule has 0 aromatic carbocycles. The number of hydrogen-bond donors (Lipinski definition) is 3. The van der Waals surface area contributed by atoms with Crippen molar-refractivity contribution in [2.75, 3.05) is 11.9 Å². The fraction of sp³-hybridized carbons (Fsp3) is 0.545. The molecule has 0 spiro atoms. The minimum Gasteiger partial charge on any atom is -0.360 e. The van der Waals surface area contributed by atoms with Crippen molar-refractivity contribution < 1.29 is 17.5 Å². The molecule has 2 rings (SSSR count). The molecule has 0 atom stereocenters. The SMILES string of the molecule is Cc1c(Cl)c(-c2nnc(NCC(C)C)s2)nn1C.O=S(=O)(O)O. The first-order chi connectivity index (χ1) is 10.5. The van der Waals surface area contributed by atoms with E-state index in [9.17, 15) is 0 Å². The Labute approximate surface area is 143 Å². The summed E-state index contributed by atoms with van der Waals surface area (Å²) >= 11 is 7.69. The lowest BCUT2D eigenvalue weighted by Gasteiger charge is -2.03. The van der Waals surface area contributed by atoms with Gasteiger partial charge in [0.05, 0.1) is 10.7 Å². The van der Waals surface area contributed by atoms with Crippen LogP contribution in [0.3, 0.4) is 0 Å². The number of aromatic nitrogens is 4. The molecule has 9 nitrogen and oxygen atoms in total. The highest BCUT2D eigenvalue weighted by atomic mass is 35.5. The zero-order chi connectivity index (χ0) is 17.8. The Balaban J connectivity index is 0.000000463. The summed E-state index contributed by atoms with van der Waals surface area (Å²) in [7, 11) is -2.80. The number of halogens is 1. The van der Waals surface area contributed by atoms with E-state index in [0.29, 0.717) is 16.6 Å². The molecule has 12 heteroatoms. The van der Waals surface area contributed by atoms with Crippen molar-refractivity contribution in [3.63, 3.8) is 0 Å². The zero-order valence-electron chi connectivity index (χ0n) is 13.0. The van der Waals surface area contributed by atoms with Gasteiger partial charge in [-0.25, -0.2) is 0 Å². The van der Waals surface area contributed by atoms with E-state index in [0.717, 1.165) is 22.4 Å². The van der Waals surface area contributed by atoms with E-state index in [4.69, 9.17) is 29.1 Å². The minimum atomic E-state index is -4.67. The molecule has 0 saturated heterocycles. The molecule has 0 saturated carbocycles. The standard InChI is InChI=1S/C11H16ClN5S.H2O4S/c1-6(2)5-13-11-15-14-10(18-11)9-8(12)7(3)17(4)16-9;1-5(2,3)4/h6H,5H2,1-4H3,(H,13,15);(H2,1,2,3,4). The highest BCUT2D eigenvalue weighted by Crippen LogP contribution is 2.32. The predicted octanol–water partition coefficient (Wildman–Crippen LogP) is 2.32. The van der Waals surface area contributed by atoms with Crippen LogP contribution in [-0.4, -0.2) is 44.0 Å². The van der Waals surface area contributed by atoms with E-state index in [1.165, 1.54) is 11.3 Å². The second-order valence-corrected chi connectivity index (χ2v) is 7.26. The highest BCUT2D eigenvalue weighted by molar-refractivity contribution is 7.79. The van der Waals surface area contributed by atoms with Gasteiger partial charge in [0, 0.05) is 13.6 Å². The van der Waals surface area contributed by atoms with Crippen LogP contribution < -0.4 is 5.32 Å². The van der Waals surface area contributed by atoms with Crippen LogP contribution in [0.5, 0.6) is 0 Å². The van der Waals surface area contributed by atoms with Gasteiger partial charge in [0.15, 0.2) is 5.01 Å². The van der Waals surface area contributed by atoms with Gasteiger partial charge in [-0.3, -0.25) is 13.8 Å². The lowest BCUT2D eigenvalue weighted by atomic mass is 10.2. The van der Waals surface area contributed by atoms with Crippen LogP contribution in [0.15, 0.2) is 0 Å². The molecule has 2 heterocycles. The largest absolute Gasteiger partial charge is 0.394 e. The fourth-order valence-corrected chi connectivity index (χ4v) is 2.45. The normalized spacial score (nSPS) is 11.3. The number of nitrogens with zero attached hydrogens (tertiary/aromatic N) is 4. The molecule has 0 aliphatic heterocycles. The van der Waals surface area contributed by atoms with Crippen molar-refractivity contribution in [1.82, 2.24) is 20.0 Å². The van der Waals surface area contributed by atoms with E-state index < -0.39 is 10.4 Å². The van der Waals surface area contributed by atoms with E-state index in [1.54, 1.807) is 4.68 Å². The van der Waals surface area contributed by atoms with Gasteiger partial charge in [-0.2, -0.15) is 13.5 Å². The molecule has 3 N–H and O–H groups in total. The maximum atomic E-state index is 8.74. The van der Waals surface area contributed by atoms with Crippen molar-refractivity contribution in [2.45, 2.75) is 20.8 Å². The van der Waals surface area contributed by atoms with Crippen molar-refractivity contribution in [1.29, 1.82) is 0 Å². The topological polar surface area (TPSA) is 130 Å². The second-order valence-electron chi connectivity index (χ2n) is 5.01. The van der Waals surface area contributed by atoms with Gasteiger partial charge in [-0.1, -0.05) is 36.8 Å². The molecule has 0 unspecified atom stereocenters. The monoisotopic (exact) mass is 383 g/mol. The van der Waals surface area contributed by atoms with Crippen LogP contribution >= 0.6 is 22.9 Å². The van der Waals surface area contributed by atoms with Gasteiger partial charge >= 0.3 is 10.4 Å². The van der Waals surface area contributed by atoms with E-state index in [1.807, 2.05) is 14.0 Å². The van der Waals surface area contributed by atoms with Crippen LogP contribution in [0.2, 0.25) is 5.02 Å². The summed E-state index contributed by atoms with van der Waals surface area (Å²) in [5.74, 6) is 0.568. The van der Waals surface area contributed by atoms with E-state index in [2.05, 4.69) is 34.5 Å². The predicted molar refractivity (Wildman–Crippen MR) is 89.4 cm³/mol. The first-order valence-electron chi connectivity index (χ1n) is 6.45. The molecule has 0 amide bonds. The minimum absolute atomic E-state index is 0.568. The highest BCUT2D eigenvalue weighted by Gasteiger charge is 2.17. The van der Waals surface area contributed by atoms with Crippen LogP contribution in [0.4, 0.5) is 5.13 Å². The maximum absolute atomic E-state index is 8.74. The molecule has 23 heavy (non-hydrogen) atoms. The lowest BCUT2D eigenvalue weighted by Crippen LogP contribution is -2.07. The van der Waals surface area contributed by atoms with E-state index >= 15 is 0 Å². The second kappa shape index (κ2) is 8.02. The van der Waals surface area contributed by atoms with Crippen molar-refractivity contribution in [2.24, 2.45) is 13.0 Å². The average molecular weight is 384 g/mol. The molecule has 2 aromatic rings. The number of hydrogen-bond acceptors (Lipinski definition) is 7. The van der Waals surface area contributed by atoms with Gasteiger partial charge < -0.3 is 5.32 Å². The maximum Gasteiger partial charge on any atom is 0.394 e. The van der Waals surface area contributed by atoms with Gasteiger partial charge in [-0.15, -0.1) is 10.2 Å². The van der Waals surface area contributed by atoms with Crippen LogP contribution in [0.25, 0.3) is 10.7 Å². The van der Waals surface area contributed by atoms with Crippen LogP contribution in [0, 0.1) is 12.8 Å². The first-order valence-corrected chi connectivity index (χ1v) is 9.05. The molecule has 0 fully saturated rings. The Bertz CT molecular complexity index is 749. The van der Waals surface area contributed by atoms with Gasteiger partial charge in [0.2, 0.25) is 5.13 Å². The molecule has 0 radical (unpaired) electrons. The summed E-state index contributed by atoms with van der Waals surface area (Å²) in [6.07, 6.45) is 0. The summed E-state index contributed by atoms with van der Waals surface area (Å²) in [6.45, 7) is 7.10. The van der Waals surface area contributed by atoms with Crippen molar-refractivity contribution >= 4 is 38.5 Å². The Morgan fingerprint density at radius 3 is 2.35 bits per heavy atom. The van der Waals surface area contributed by atoms with Gasteiger partial charge in [-0.05, 0) is 12.8 Å². The number of nitrogens with one attached hydrogen (secondary N) is 1. The molecule has 0 aliphatic rings. The summed E-state index contributed by atoms with van der Waals surface area (Å²) in [4.78, 5) is 0.